The lowest BCUT2D eigenvalue weighted by Crippen LogP contribution is -2.37. The summed E-state index contributed by atoms with van der Waals surface area (Å²) in [6, 6.07) is 1.32. The quantitative estimate of drug-likeness (QED) is 0.681. The third-order valence-corrected chi connectivity index (χ3v) is 2.47. The van der Waals surface area contributed by atoms with Crippen LogP contribution in [0.4, 0.5) is 0 Å². The Labute approximate surface area is 116 Å². The number of aromatic carboxylic acids is 1. The number of rotatable bonds is 8. The first kappa shape index (κ1) is 15.9. The van der Waals surface area contributed by atoms with Crippen LogP contribution in [-0.4, -0.2) is 48.3 Å². The Bertz CT molecular complexity index is 464. The second-order valence-corrected chi connectivity index (χ2v) is 4.11. The van der Waals surface area contributed by atoms with Crippen molar-refractivity contribution in [1.29, 1.82) is 0 Å². The first-order valence-electron chi connectivity index (χ1n) is 6.16. The third-order valence-electron chi connectivity index (χ3n) is 2.47. The van der Waals surface area contributed by atoms with Gasteiger partial charge < -0.3 is 19.9 Å². The van der Waals surface area contributed by atoms with Crippen molar-refractivity contribution in [3.63, 3.8) is 0 Å². The Balaban J connectivity index is 2.48. The maximum atomic E-state index is 11.7. The Morgan fingerprint density at radius 3 is 2.85 bits per heavy atom. The number of carboxylic acid groups (broad SMARTS) is 1. The van der Waals surface area contributed by atoms with Gasteiger partial charge in [0.2, 0.25) is 0 Å². The van der Waals surface area contributed by atoms with E-state index < -0.39 is 12.1 Å². The lowest BCUT2D eigenvalue weighted by atomic mass is 10.3. The number of carbonyl (C=O) groups is 2. The molecule has 110 valence electrons. The minimum absolute atomic E-state index is 0.00945. The number of amides is 1. The van der Waals surface area contributed by atoms with E-state index in [0.29, 0.717) is 19.6 Å². The predicted molar refractivity (Wildman–Crippen MR) is 70.8 cm³/mol. The van der Waals surface area contributed by atoms with Crippen LogP contribution in [0.25, 0.3) is 0 Å². The van der Waals surface area contributed by atoms with Gasteiger partial charge in [0, 0.05) is 26.5 Å². The van der Waals surface area contributed by atoms with Gasteiger partial charge in [-0.25, -0.2) is 4.79 Å². The van der Waals surface area contributed by atoms with Gasteiger partial charge >= 0.3 is 5.97 Å². The molecule has 20 heavy (non-hydrogen) atoms. The molecule has 1 aromatic heterocycles. The number of ether oxygens (including phenoxy) is 2. The Morgan fingerprint density at radius 2 is 2.20 bits per heavy atom. The van der Waals surface area contributed by atoms with Crippen LogP contribution >= 0.6 is 0 Å². The minimum atomic E-state index is -1.10. The van der Waals surface area contributed by atoms with Crippen molar-refractivity contribution in [2.24, 2.45) is 0 Å². The molecule has 7 heteroatoms. The molecule has 1 unspecified atom stereocenters. The lowest BCUT2D eigenvalue weighted by Gasteiger charge is -2.14. The van der Waals surface area contributed by atoms with Crippen LogP contribution in [0.15, 0.2) is 18.5 Å². The van der Waals surface area contributed by atoms with E-state index in [9.17, 15) is 9.59 Å². The summed E-state index contributed by atoms with van der Waals surface area (Å²) in [6.45, 7) is 2.65. The van der Waals surface area contributed by atoms with Crippen LogP contribution < -0.4 is 10.1 Å². The topological polar surface area (TPSA) is 97.8 Å². The van der Waals surface area contributed by atoms with Crippen LogP contribution in [0.5, 0.6) is 5.75 Å². The molecule has 1 atom stereocenters. The fraction of sp³-hybridized carbons (Fsp3) is 0.462. The van der Waals surface area contributed by atoms with Gasteiger partial charge in [-0.15, -0.1) is 0 Å². The average molecular weight is 282 g/mol. The number of aromatic nitrogens is 1. The van der Waals surface area contributed by atoms with E-state index in [2.05, 4.69) is 10.3 Å². The number of nitrogens with one attached hydrogen (secondary N) is 1. The number of hydrogen-bond acceptors (Lipinski definition) is 5. The van der Waals surface area contributed by atoms with Crippen LogP contribution in [0.1, 0.15) is 23.7 Å². The summed E-state index contributed by atoms with van der Waals surface area (Å²) in [5, 5.41) is 11.5. The number of nitrogens with zero attached hydrogens (tertiary/aromatic N) is 1. The highest BCUT2D eigenvalue weighted by atomic mass is 16.5. The minimum Gasteiger partial charge on any atom is -0.479 e. The first-order chi connectivity index (χ1) is 9.54. The Hall–Kier alpha value is -2.15. The van der Waals surface area contributed by atoms with E-state index in [1.165, 1.54) is 18.5 Å². The van der Waals surface area contributed by atoms with Crippen molar-refractivity contribution in [3.05, 3.63) is 24.0 Å². The van der Waals surface area contributed by atoms with Crippen molar-refractivity contribution < 1.29 is 24.2 Å². The number of hydrogen-bond donors (Lipinski definition) is 2. The van der Waals surface area contributed by atoms with Crippen molar-refractivity contribution in [1.82, 2.24) is 10.3 Å². The van der Waals surface area contributed by atoms with Gasteiger partial charge in [-0.1, -0.05) is 0 Å². The summed E-state index contributed by atoms with van der Waals surface area (Å²) in [5.41, 5.74) is 0.00945. The zero-order chi connectivity index (χ0) is 15.0. The molecule has 0 saturated carbocycles. The highest BCUT2D eigenvalue weighted by Crippen LogP contribution is 2.13. The highest BCUT2D eigenvalue weighted by molar-refractivity contribution is 5.87. The zero-order valence-electron chi connectivity index (χ0n) is 11.5. The molecule has 1 heterocycles. The van der Waals surface area contributed by atoms with Crippen molar-refractivity contribution in [2.45, 2.75) is 19.4 Å². The van der Waals surface area contributed by atoms with Gasteiger partial charge in [-0.2, -0.15) is 0 Å². The number of carbonyl (C=O) groups excluding carboxylic acids is 1. The second kappa shape index (κ2) is 8.11. The summed E-state index contributed by atoms with van der Waals surface area (Å²) in [5.74, 6) is -1.13. The SMILES string of the molecule is COCCCNC(=O)C(C)Oc1cncc(C(=O)O)c1. The van der Waals surface area contributed by atoms with E-state index in [0.717, 1.165) is 0 Å². The first-order valence-corrected chi connectivity index (χ1v) is 6.16. The summed E-state index contributed by atoms with van der Waals surface area (Å²) in [7, 11) is 1.59. The van der Waals surface area contributed by atoms with Crippen molar-refractivity contribution in [3.8, 4) is 5.75 Å². The van der Waals surface area contributed by atoms with E-state index in [1.807, 2.05) is 0 Å². The van der Waals surface area contributed by atoms with Gasteiger partial charge in [0.25, 0.3) is 5.91 Å². The van der Waals surface area contributed by atoms with E-state index >= 15 is 0 Å². The van der Waals surface area contributed by atoms with Crippen LogP contribution in [0.3, 0.4) is 0 Å². The van der Waals surface area contributed by atoms with E-state index in [-0.39, 0.29) is 17.2 Å². The summed E-state index contributed by atoms with van der Waals surface area (Å²) >= 11 is 0. The normalized spacial score (nSPS) is 11.7. The summed E-state index contributed by atoms with van der Waals surface area (Å²) in [4.78, 5) is 26.3. The van der Waals surface area contributed by atoms with Gasteiger partial charge in [0.05, 0.1) is 11.8 Å². The molecular formula is C13H18N2O5. The molecule has 0 radical (unpaired) electrons. The maximum absolute atomic E-state index is 11.7. The monoisotopic (exact) mass is 282 g/mol. The molecule has 7 nitrogen and oxygen atoms in total. The molecule has 2 N–H and O–H groups in total. The summed E-state index contributed by atoms with van der Waals surface area (Å²) < 4.78 is 10.2. The molecule has 0 saturated heterocycles. The average Bonchev–Trinajstić information content (AvgIpc) is 2.43. The van der Waals surface area contributed by atoms with Crippen molar-refractivity contribution >= 4 is 11.9 Å². The molecule has 0 aliphatic rings. The van der Waals surface area contributed by atoms with E-state index in [1.54, 1.807) is 14.0 Å². The van der Waals surface area contributed by atoms with Gasteiger partial charge in [0.1, 0.15) is 5.75 Å². The molecule has 0 aromatic carbocycles. The molecule has 0 bridgehead atoms. The van der Waals surface area contributed by atoms with Crippen molar-refractivity contribution in [2.75, 3.05) is 20.3 Å². The number of pyridine rings is 1. The molecule has 0 aliphatic carbocycles. The fourth-order valence-corrected chi connectivity index (χ4v) is 1.43. The zero-order valence-corrected chi connectivity index (χ0v) is 11.5. The molecule has 0 aliphatic heterocycles. The van der Waals surface area contributed by atoms with Gasteiger partial charge in [0.15, 0.2) is 6.10 Å². The second-order valence-electron chi connectivity index (χ2n) is 4.11. The lowest BCUT2D eigenvalue weighted by molar-refractivity contribution is -0.127. The molecule has 0 fully saturated rings. The number of carboxylic acids is 1. The molecule has 1 amide bonds. The Morgan fingerprint density at radius 1 is 1.45 bits per heavy atom. The molecule has 1 aromatic rings. The Kier molecular flexibility index (Phi) is 6.45. The van der Waals surface area contributed by atoms with Crippen LogP contribution in [0.2, 0.25) is 0 Å². The largest absolute Gasteiger partial charge is 0.479 e. The van der Waals surface area contributed by atoms with Crippen LogP contribution in [0, 0.1) is 0 Å². The fourth-order valence-electron chi connectivity index (χ4n) is 1.43. The molecular weight excluding hydrogens is 264 g/mol. The standard InChI is InChI=1S/C13H18N2O5/c1-9(12(16)15-4-3-5-19-2)20-11-6-10(13(17)18)7-14-8-11/h6-9H,3-5H2,1-2H3,(H,15,16)(H,17,18). The predicted octanol–water partition coefficient (Wildman–Crippen LogP) is 0.700. The highest BCUT2D eigenvalue weighted by Gasteiger charge is 2.15. The van der Waals surface area contributed by atoms with Gasteiger partial charge in [-0.3, -0.25) is 9.78 Å². The third kappa shape index (κ3) is 5.23. The molecule has 0 spiro atoms. The maximum Gasteiger partial charge on any atom is 0.337 e. The van der Waals surface area contributed by atoms with E-state index in [4.69, 9.17) is 14.6 Å². The van der Waals surface area contributed by atoms with Gasteiger partial charge in [-0.05, 0) is 19.4 Å². The van der Waals surface area contributed by atoms with Crippen LogP contribution in [-0.2, 0) is 9.53 Å². The smallest absolute Gasteiger partial charge is 0.337 e. The summed E-state index contributed by atoms with van der Waals surface area (Å²) in [6.07, 6.45) is 2.56. The number of methoxy groups -OCH3 is 1. The molecule has 1 rings (SSSR count).